The Morgan fingerprint density at radius 2 is 2.50 bits per heavy atom. The van der Waals surface area contributed by atoms with Crippen LogP contribution < -0.4 is 0 Å². The number of rotatable bonds is 1. The molecule has 1 rings (SSSR count). The quantitative estimate of drug-likeness (QED) is 0.393. The van der Waals surface area contributed by atoms with Gasteiger partial charge in [-0.15, -0.1) is 0 Å². The molecular formula is C7H11N. The van der Waals surface area contributed by atoms with Crippen LogP contribution in [-0.4, -0.2) is 5.71 Å². The molecule has 1 aliphatic rings. The molecule has 1 heteroatoms. The maximum atomic E-state index is 7.24. The van der Waals surface area contributed by atoms with Gasteiger partial charge in [0, 0.05) is 11.6 Å². The van der Waals surface area contributed by atoms with E-state index in [-0.39, 0.29) is 0 Å². The largest absolute Gasteiger partial charge is 0.309 e. The summed E-state index contributed by atoms with van der Waals surface area (Å²) in [6.45, 7) is 3.97. The second kappa shape index (κ2) is 1.73. The van der Waals surface area contributed by atoms with Crippen LogP contribution in [0.25, 0.3) is 0 Å². The van der Waals surface area contributed by atoms with Crippen LogP contribution in [0.3, 0.4) is 0 Å². The van der Waals surface area contributed by atoms with Gasteiger partial charge < -0.3 is 5.41 Å². The first-order valence-corrected chi connectivity index (χ1v) is 2.93. The first-order valence-electron chi connectivity index (χ1n) is 2.93. The molecule has 1 nitrogen and oxygen atoms in total. The zero-order chi connectivity index (χ0) is 6.15. The minimum absolute atomic E-state index is 0.495. The van der Waals surface area contributed by atoms with Crippen molar-refractivity contribution < 1.29 is 0 Å². The van der Waals surface area contributed by atoms with Crippen molar-refractivity contribution in [2.75, 3.05) is 0 Å². The monoisotopic (exact) mass is 109 g/mol. The Hall–Kier alpha value is -0.590. The predicted octanol–water partition coefficient (Wildman–Crippen LogP) is 1.99. The third-order valence-corrected chi connectivity index (χ3v) is 1.75. The van der Waals surface area contributed by atoms with Crippen molar-refractivity contribution in [3.63, 3.8) is 0 Å². The fourth-order valence-electron chi connectivity index (χ4n) is 0.990. The Bertz CT molecular complexity index is 144. The zero-order valence-electron chi connectivity index (χ0n) is 5.36. The van der Waals surface area contributed by atoms with Gasteiger partial charge in [0.05, 0.1) is 0 Å². The Balaban J connectivity index is 2.55. The van der Waals surface area contributed by atoms with E-state index in [1.807, 2.05) is 6.92 Å². The second-order valence-electron chi connectivity index (χ2n) is 2.42. The Morgan fingerprint density at radius 1 is 1.88 bits per heavy atom. The summed E-state index contributed by atoms with van der Waals surface area (Å²) in [5, 5.41) is 7.24. The average molecular weight is 109 g/mol. The normalized spacial score (nSPS) is 26.2. The molecule has 1 aliphatic carbocycles. The van der Waals surface area contributed by atoms with E-state index in [1.54, 1.807) is 0 Å². The fourth-order valence-corrected chi connectivity index (χ4v) is 0.990. The van der Waals surface area contributed by atoms with Crippen molar-refractivity contribution in [1.29, 1.82) is 5.41 Å². The van der Waals surface area contributed by atoms with Crippen LogP contribution in [0.1, 0.15) is 20.3 Å². The minimum atomic E-state index is 0.495. The van der Waals surface area contributed by atoms with E-state index in [9.17, 15) is 0 Å². The number of nitrogens with one attached hydrogen (secondary N) is 1. The molecule has 0 saturated carbocycles. The summed E-state index contributed by atoms with van der Waals surface area (Å²) in [6.07, 6.45) is 3.28. The molecule has 0 aromatic rings. The first-order chi connectivity index (χ1) is 3.72. The van der Waals surface area contributed by atoms with Gasteiger partial charge in [-0.05, 0) is 20.3 Å². The van der Waals surface area contributed by atoms with Gasteiger partial charge >= 0.3 is 0 Å². The van der Waals surface area contributed by atoms with Crippen LogP contribution in [0, 0.1) is 11.3 Å². The van der Waals surface area contributed by atoms with E-state index in [0.717, 1.165) is 12.1 Å². The molecule has 0 radical (unpaired) electrons. The summed E-state index contributed by atoms with van der Waals surface area (Å²) in [7, 11) is 0. The van der Waals surface area contributed by atoms with Crippen molar-refractivity contribution in [3.05, 3.63) is 11.6 Å². The molecule has 8 heavy (non-hydrogen) atoms. The molecule has 0 saturated heterocycles. The molecule has 0 aliphatic heterocycles. The van der Waals surface area contributed by atoms with Crippen LogP contribution in [-0.2, 0) is 0 Å². The minimum Gasteiger partial charge on any atom is -0.309 e. The molecule has 1 atom stereocenters. The fraction of sp³-hybridized carbons (Fsp3) is 0.571. The lowest BCUT2D eigenvalue weighted by atomic mass is 9.83. The molecule has 0 heterocycles. The molecule has 0 aromatic carbocycles. The molecule has 0 spiro atoms. The molecule has 0 aromatic heterocycles. The molecule has 0 fully saturated rings. The molecular weight excluding hydrogens is 98.1 g/mol. The second-order valence-corrected chi connectivity index (χ2v) is 2.42. The topological polar surface area (TPSA) is 23.9 Å². The van der Waals surface area contributed by atoms with Crippen LogP contribution in [0.15, 0.2) is 11.6 Å². The van der Waals surface area contributed by atoms with Gasteiger partial charge in [0.1, 0.15) is 0 Å². The highest BCUT2D eigenvalue weighted by Crippen LogP contribution is 2.26. The summed E-state index contributed by atoms with van der Waals surface area (Å²) in [6, 6.07) is 0. The Labute approximate surface area is 49.9 Å². The van der Waals surface area contributed by atoms with E-state index < -0.39 is 0 Å². The van der Waals surface area contributed by atoms with Crippen LogP contribution in [0.5, 0.6) is 0 Å². The molecule has 0 bridgehead atoms. The van der Waals surface area contributed by atoms with Crippen LogP contribution in [0.2, 0.25) is 0 Å². The lowest BCUT2D eigenvalue weighted by Gasteiger charge is -2.22. The van der Waals surface area contributed by atoms with E-state index in [2.05, 4.69) is 13.0 Å². The summed E-state index contributed by atoms with van der Waals surface area (Å²) in [5.41, 5.74) is 2.18. The van der Waals surface area contributed by atoms with E-state index in [1.165, 1.54) is 5.57 Å². The van der Waals surface area contributed by atoms with Crippen molar-refractivity contribution in [1.82, 2.24) is 0 Å². The molecule has 44 valence electrons. The zero-order valence-corrected chi connectivity index (χ0v) is 5.36. The lowest BCUT2D eigenvalue weighted by molar-refractivity contribution is 0.726. The maximum Gasteiger partial charge on any atom is 0.0204 e. The highest BCUT2D eigenvalue weighted by molar-refractivity contribution is 5.85. The highest BCUT2D eigenvalue weighted by atomic mass is 14.4. The average Bonchev–Trinajstić information content (AvgIpc) is 1.61. The van der Waals surface area contributed by atoms with Gasteiger partial charge in [0.25, 0.3) is 0 Å². The number of hydrogen-bond donors (Lipinski definition) is 1. The molecule has 0 amide bonds. The van der Waals surface area contributed by atoms with Gasteiger partial charge in [-0.25, -0.2) is 0 Å². The van der Waals surface area contributed by atoms with Crippen molar-refractivity contribution in [3.8, 4) is 0 Å². The van der Waals surface area contributed by atoms with Gasteiger partial charge in [0.2, 0.25) is 0 Å². The highest BCUT2D eigenvalue weighted by Gasteiger charge is 2.18. The van der Waals surface area contributed by atoms with E-state index in [4.69, 9.17) is 5.41 Å². The van der Waals surface area contributed by atoms with Crippen molar-refractivity contribution >= 4 is 5.71 Å². The summed E-state index contributed by atoms with van der Waals surface area (Å²) >= 11 is 0. The van der Waals surface area contributed by atoms with Gasteiger partial charge in [-0.1, -0.05) is 11.6 Å². The summed E-state index contributed by atoms with van der Waals surface area (Å²) in [4.78, 5) is 0. The smallest absolute Gasteiger partial charge is 0.0204 e. The van der Waals surface area contributed by atoms with Gasteiger partial charge in [-0.3, -0.25) is 0 Å². The van der Waals surface area contributed by atoms with Gasteiger partial charge in [0.15, 0.2) is 0 Å². The predicted molar refractivity (Wildman–Crippen MR) is 35.3 cm³/mol. The summed E-state index contributed by atoms with van der Waals surface area (Å²) < 4.78 is 0. The molecule has 1 N–H and O–H groups in total. The standard InChI is InChI=1S/C7H11N/c1-5-3-4-7(5)6(2)8/h3,7-8H,4H2,1-2H3. The first kappa shape index (κ1) is 5.54. The lowest BCUT2D eigenvalue weighted by Crippen LogP contribution is -2.17. The van der Waals surface area contributed by atoms with Crippen LogP contribution >= 0.6 is 0 Å². The maximum absolute atomic E-state index is 7.24. The summed E-state index contributed by atoms with van der Waals surface area (Å²) in [5.74, 6) is 0.495. The van der Waals surface area contributed by atoms with Crippen LogP contribution in [0.4, 0.5) is 0 Å². The number of allylic oxidation sites excluding steroid dienone is 2. The third-order valence-electron chi connectivity index (χ3n) is 1.75. The van der Waals surface area contributed by atoms with E-state index in [0.29, 0.717) is 5.92 Å². The van der Waals surface area contributed by atoms with Crippen molar-refractivity contribution in [2.45, 2.75) is 20.3 Å². The Morgan fingerprint density at radius 3 is 2.50 bits per heavy atom. The van der Waals surface area contributed by atoms with Crippen molar-refractivity contribution in [2.24, 2.45) is 5.92 Å². The van der Waals surface area contributed by atoms with Gasteiger partial charge in [-0.2, -0.15) is 0 Å². The molecule has 1 unspecified atom stereocenters. The SMILES string of the molecule is CC(=N)C1CC=C1C. The Kier molecular flexibility index (Phi) is 1.20. The third kappa shape index (κ3) is 0.683. The van der Waals surface area contributed by atoms with E-state index >= 15 is 0 Å². The number of hydrogen-bond acceptors (Lipinski definition) is 1.